The van der Waals surface area contributed by atoms with Crippen LogP contribution in [0, 0.1) is 5.41 Å². The Morgan fingerprint density at radius 1 is 1.22 bits per heavy atom. The summed E-state index contributed by atoms with van der Waals surface area (Å²) in [7, 11) is 0. The predicted octanol–water partition coefficient (Wildman–Crippen LogP) is 4.86. The summed E-state index contributed by atoms with van der Waals surface area (Å²) >= 11 is 6.38. The van der Waals surface area contributed by atoms with Crippen molar-refractivity contribution in [3.63, 3.8) is 0 Å². The average Bonchev–Trinajstić information content (AvgIpc) is 3.33. The van der Waals surface area contributed by atoms with E-state index in [2.05, 4.69) is 20.6 Å². The third kappa shape index (κ3) is 6.20. The lowest BCUT2D eigenvalue weighted by Crippen LogP contribution is -2.43. The molecule has 4 N–H and O–H groups in total. The molecule has 194 valence electrons. The Hall–Kier alpha value is -3.63. The van der Waals surface area contributed by atoms with Crippen LogP contribution in [0.5, 0.6) is 0 Å². The molecule has 1 amide bonds. The van der Waals surface area contributed by atoms with Crippen LogP contribution < -0.4 is 16.4 Å². The van der Waals surface area contributed by atoms with Crippen molar-refractivity contribution in [2.75, 3.05) is 24.3 Å². The second-order valence-corrected chi connectivity index (χ2v) is 9.49. The number of carbonyl (C=O) groups excluding carboxylic acids is 2. The number of nitrogens with zero attached hydrogens (tertiary/aromatic N) is 2. The zero-order valence-corrected chi connectivity index (χ0v) is 20.8. The number of anilines is 3. The summed E-state index contributed by atoms with van der Waals surface area (Å²) in [6, 6.07) is 9.14. The van der Waals surface area contributed by atoms with Crippen molar-refractivity contribution in [2.45, 2.75) is 32.2 Å². The SMILES string of the molecule is CC(F)(F)c1ccccc1Nc1cnc(CNC(=O)[C@]2(CC(=O)c3cncc(N)c3)CCOC2)c(Cl)c1. The number of ketones is 1. The molecule has 37 heavy (non-hydrogen) atoms. The van der Waals surface area contributed by atoms with E-state index in [9.17, 15) is 18.4 Å². The van der Waals surface area contributed by atoms with E-state index in [1.165, 1.54) is 36.8 Å². The zero-order valence-electron chi connectivity index (χ0n) is 20.1. The summed E-state index contributed by atoms with van der Waals surface area (Å²) in [5, 5.41) is 5.97. The highest BCUT2D eigenvalue weighted by Gasteiger charge is 2.44. The minimum Gasteiger partial charge on any atom is -0.397 e. The van der Waals surface area contributed by atoms with Crippen LogP contribution in [0.25, 0.3) is 0 Å². The predicted molar refractivity (Wildman–Crippen MR) is 136 cm³/mol. The summed E-state index contributed by atoms with van der Waals surface area (Å²) in [5.41, 5.74) is 6.25. The summed E-state index contributed by atoms with van der Waals surface area (Å²) in [4.78, 5) is 34.3. The molecule has 1 atom stereocenters. The summed E-state index contributed by atoms with van der Waals surface area (Å²) in [5.74, 6) is -3.64. The van der Waals surface area contributed by atoms with Gasteiger partial charge in [-0.25, -0.2) is 8.78 Å². The third-order valence-electron chi connectivity index (χ3n) is 6.18. The number of nitrogens with one attached hydrogen (secondary N) is 2. The number of aromatic nitrogens is 2. The molecule has 1 fully saturated rings. The Kier molecular flexibility index (Phi) is 7.70. The van der Waals surface area contributed by atoms with Crippen molar-refractivity contribution in [2.24, 2.45) is 5.41 Å². The number of alkyl halides is 2. The van der Waals surface area contributed by atoms with E-state index in [0.717, 1.165) is 6.92 Å². The molecule has 0 radical (unpaired) electrons. The Balaban J connectivity index is 1.43. The van der Waals surface area contributed by atoms with Gasteiger partial charge in [0.05, 0.1) is 46.9 Å². The first kappa shape index (κ1) is 26.4. The summed E-state index contributed by atoms with van der Waals surface area (Å²) in [6.45, 7) is 1.29. The van der Waals surface area contributed by atoms with Gasteiger partial charge in [0.15, 0.2) is 5.78 Å². The Morgan fingerprint density at radius 3 is 2.68 bits per heavy atom. The van der Waals surface area contributed by atoms with Gasteiger partial charge in [-0.3, -0.25) is 19.6 Å². The highest BCUT2D eigenvalue weighted by Crippen LogP contribution is 2.36. The minimum atomic E-state index is -3.03. The molecule has 1 aliphatic heterocycles. The number of pyridine rings is 2. The monoisotopic (exact) mass is 529 g/mol. The maximum atomic E-state index is 13.9. The quantitative estimate of drug-likeness (QED) is 0.338. The number of carbonyl (C=O) groups is 2. The maximum Gasteiger partial charge on any atom is 0.272 e. The third-order valence-corrected chi connectivity index (χ3v) is 6.51. The Labute approximate surface area is 217 Å². The molecule has 0 saturated carbocycles. The lowest BCUT2D eigenvalue weighted by atomic mass is 9.80. The van der Waals surface area contributed by atoms with Crippen molar-refractivity contribution in [1.29, 1.82) is 0 Å². The lowest BCUT2D eigenvalue weighted by Gasteiger charge is -2.25. The van der Waals surface area contributed by atoms with Crippen LogP contribution in [0.4, 0.5) is 25.8 Å². The number of halogens is 3. The van der Waals surface area contributed by atoms with E-state index in [0.29, 0.717) is 35.7 Å². The number of para-hydroxylation sites is 1. The highest BCUT2D eigenvalue weighted by atomic mass is 35.5. The molecule has 1 saturated heterocycles. The van der Waals surface area contributed by atoms with Gasteiger partial charge in [-0.2, -0.15) is 0 Å². The summed E-state index contributed by atoms with van der Waals surface area (Å²) < 4.78 is 33.3. The van der Waals surface area contributed by atoms with E-state index in [-0.39, 0.29) is 47.5 Å². The molecular formula is C26H26ClF2N5O3. The molecule has 0 bridgehead atoms. The number of nitrogens with two attached hydrogens (primary N) is 1. The number of benzene rings is 1. The second-order valence-electron chi connectivity index (χ2n) is 9.08. The number of hydrogen-bond acceptors (Lipinski definition) is 7. The molecule has 3 heterocycles. The molecule has 8 nitrogen and oxygen atoms in total. The molecule has 4 rings (SSSR count). The van der Waals surface area contributed by atoms with E-state index in [1.54, 1.807) is 18.2 Å². The van der Waals surface area contributed by atoms with Gasteiger partial charge in [-0.05, 0) is 24.6 Å². The molecule has 3 aromatic rings. The molecule has 1 aromatic carbocycles. The van der Waals surface area contributed by atoms with Crippen molar-refractivity contribution in [1.82, 2.24) is 15.3 Å². The van der Waals surface area contributed by atoms with Crippen LogP contribution in [0.2, 0.25) is 5.02 Å². The Bertz CT molecular complexity index is 1310. The first-order valence-corrected chi connectivity index (χ1v) is 11.9. The van der Waals surface area contributed by atoms with E-state index < -0.39 is 11.3 Å². The minimum absolute atomic E-state index is 0.0113. The van der Waals surface area contributed by atoms with Crippen LogP contribution in [-0.4, -0.2) is 34.9 Å². The van der Waals surface area contributed by atoms with Gasteiger partial charge in [-0.15, -0.1) is 0 Å². The summed E-state index contributed by atoms with van der Waals surface area (Å²) in [6.07, 6.45) is 4.62. The first-order chi connectivity index (χ1) is 17.6. The first-order valence-electron chi connectivity index (χ1n) is 11.6. The van der Waals surface area contributed by atoms with Crippen molar-refractivity contribution in [3.8, 4) is 0 Å². The van der Waals surface area contributed by atoms with E-state index in [1.807, 2.05) is 0 Å². The molecule has 0 unspecified atom stereocenters. The molecule has 2 aromatic heterocycles. The second kappa shape index (κ2) is 10.8. The maximum absolute atomic E-state index is 13.9. The average molecular weight is 530 g/mol. The van der Waals surface area contributed by atoms with E-state index in [4.69, 9.17) is 22.1 Å². The molecule has 1 aliphatic rings. The fourth-order valence-corrected chi connectivity index (χ4v) is 4.41. The molecule has 0 aliphatic carbocycles. The topological polar surface area (TPSA) is 119 Å². The van der Waals surface area contributed by atoms with Gasteiger partial charge < -0.3 is 21.1 Å². The van der Waals surface area contributed by atoms with Gasteiger partial charge >= 0.3 is 0 Å². The number of amides is 1. The van der Waals surface area contributed by atoms with Gasteiger partial charge in [0.1, 0.15) is 0 Å². The molecule has 0 spiro atoms. The van der Waals surface area contributed by atoms with Gasteiger partial charge in [0.25, 0.3) is 5.92 Å². The van der Waals surface area contributed by atoms with Crippen LogP contribution in [0.1, 0.15) is 41.4 Å². The fraction of sp³-hybridized carbons (Fsp3) is 0.308. The smallest absolute Gasteiger partial charge is 0.272 e. The van der Waals surface area contributed by atoms with Crippen LogP contribution in [0.3, 0.4) is 0 Å². The largest absolute Gasteiger partial charge is 0.397 e. The van der Waals surface area contributed by atoms with Gasteiger partial charge in [0.2, 0.25) is 5.91 Å². The number of rotatable bonds is 9. The number of Topliss-reactive ketones (excluding diaryl/α,β-unsaturated/α-hetero) is 1. The molecule has 11 heteroatoms. The fourth-order valence-electron chi connectivity index (χ4n) is 4.17. The van der Waals surface area contributed by atoms with Crippen LogP contribution in [-0.2, 0) is 22.0 Å². The van der Waals surface area contributed by atoms with Gasteiger partial charge in [-0.1, -0.05) is 29.8 Å². The normalized spacial score (nSPS) is 17.4. The lowest BCUT2D eigenvalue weighted by molar-refractivity contribution is -0.131. The zero-order chi connectivity index (χ0) is 26.6. The van der Waals surface area contributed by atoms with Crippen molar-refractivity contribution >= 4 is 40.4 Å². The Morgan fingerprint density at radius 2 is 2.00 bits per heavy atom. The standard InChI is InChI=1S/C26H26ClF2N5O3/c1-25(28,29)19-4-2-3-5-21(19)34-18-9-20(27)22(32-13-18)14-33-24(36)26(6-7-37-15-26)10-23(35)16-8-17(30)12-31-11-16/h2-5,8-9,11-13,34H,6-7,10,14-15,30H2,1H3,(H,33,36)/t26-/m0/s1. The van der Waals surface area contributed by atoms with E-state index >= 15 is 0 Å². The molecular weight excluding hydrogens is 504 g/mol. The number of hydrogen-bond donors (Lipinski definition) is 3. The van der Waals surface area contributed by atoms with Crippen LogP contribution in [0.15, 0.2) is 55.0 Å². The highest BCUT2D eigenvalue weighted by molar-refractivity contribution is 6.31. The number of ether oxygens (including phenoxy) is 1. The van der Waals surface area contributed by atoms with Crippen LogP contribution >= 0.6 is 11.6 Å². The number of nitrogen functional groups attached to an aromatic ring is 1. The van der Waals surface area contributed by atoms with Crippen molar-refractivity contribution in [3.05, 3.63) is 76.8 Å². The van der Waals surface area contributed by atoms with Gasteiger partial charge in [0, 0.05) is 49.2 Å². The van der Waals surface area contributed by atoms with Crippen molar-refractivity contribution < 1.29 is 23.1 Å².